The summed E-state index contributed by atoms with van der Waals surface area (Å²) in [6.07, 6.45) is 1.68. The standard InChI is InChI=1S/C14H13ClN2O2/c1-8-7-19-14-13(9(2)16-17(8)14)11-5-4-10(18-3)6-12(11)15/h4-7H,1-3H3. The molecule has 0 aliphatic heterocycles. The van der Waals surface area contributed by atoms with Gasteiger partial charge < -0.3 is 9.15 Å². The average Bonchev–Trinajstić information content (AvgIpc) is 2.90. The zero-order valence-electron chi connectivity index (χ0n) is 10.9. The Kier molecular flexibility index (Phi) is 2.75. The number of halogens is 1. The lowest BCUT2D eigenvalue weighted by molar-refractivity contribution is 0.415. The molecule has 2 heterocycles. The van der Waals surface area contributed by atoms with Crippen LogP contribution in [0.25, 0.3) is 16.8 Å². The number of ether oxygens (including phenoxy) is 1. The smallest absolute Gasteiger partial charge is 0.229 e. The zero-order chi connectivity index (χ0) is 13.6. The highest BCUT2D eigenvalue weighted by Gasteiger charge is 2.18. The lowest BCUT2D eigenvalue weighted by Gasteiger charge is -2.05. The van der Waals surface area contributed by atoms with Gasteiger partial charge in [-0.2, -0.15) is 5.10 Å². The monoisotopic (exact) mass is 276 g/mol. The van der Waals surface area contributed by atoms with E-state index in [-0.39, 0.29) is 0 Å². The molecular weight excluding hydrogens is 264 g/mol. The molecule has 3 rings (SSSR count). The number of fused-ring (bicyclic) bond motifs is 1. The first-order valence-electron chi connectivity index (χ1n) is 5.89. The van der Waals surface area contributed by atoms with Gasteiger partial charge in [0.15, 0.2) is 0 Å². The van der Waals surface area contributed by atoms with Crippen molar-refractivity contribution in [3.8, 4) is 16.9 Å². The molecule has 98 valence electrons. The highest BCUT2D eigenvalue weighted by molar-refractivity contribution is 6.33. The molecule has 4 nitrogen and oxygen atoms in total. The van der Waals surface area contributed by atoms with E-state index in [0.717, 1.165) is 28.3 Å². The van der Waals surface area contributed by atoms with E-state index in [0.29, 0.717) is 10.7 Å². The van der Waals surface area contributed by atoms with Crippen molar-refractivity contribution in [2.75, 3.05) is 7.11 Å². The fourth-order valence-corrected chi connectivity index (χ4v) is 2.45. The van der Waals surface area contributed by atoms with Crippen LogP contribution in [0.15, 0.2) is 28.9 Å². The quantitative estimate of drug-likeness (QED) is 0.713. The van der Waals surface area contributed by atoms with Gasteiger partial charge in [0, 0.05) is 5.56 Å². The number of hydrogen-bond acceptors (Lipinski definition) is 3. The van der Waals surface area contributed by atoms with Crippen molar-refractivity contribution in [3.05, 3.63) is 40.9 Å². The lowest BCUT2D eigenvalue weighted by Crippen LogP contribution is -1.85. The molecule has 0 amide bonds. The number of rotatable bonds is 2. The topological polar surface area (TPSA) is 39.7 Å². The lowest BCUT2D eigenvalue weighted by atomic mass is 10.1. The van der Waals surface area contributed by atoms with Crippen molar-refractivity contribution < 1.29 is 9.15 Å². The second-order valence-corrected chi connectivity index (χ2v) is 4.81. The van der Waals surface area contributed by atoms with Crippen LogP contribution in [-0.4, -0.2) is 16.7 Å². The van der Waals surface area contributed by atoms with Gasteiger partial charge in [0.25, 0.3) is 0 Å². The van der Waals surface area contributed by atoms with E-state index in [1.54, 1.807) is 24.0 Å². The summed E-state index contributed by atoms with van der Waals surface area (Å²) in [7, 11) is 1.62. The number of aromatic nitrogens is 2. The molecule has 0 aliphatic carbocycles. The molecule has 5 heteroatoms. The van der Waals surface area contributed by atoms with Crippen LogP contribution in [0.2, 0.25) is 5.02 Å². The number of aryl methyl sites for hydroxylation is 2. The summed E-state index contributed by atoms with van der Waals surface area (Å²) in [5.74, 6) is 0.727. The highest BCUT2D eigenvalue weighted by atomic mass is 35.5. The van der Waals surface area contributed by atoms with E-state index in [1.165, 1.54) is 0 Å². The molecule has 1 aromatic carbocycles. The van der Waals surface area contributed by atoms with Gasteiger partial charge in [-0.05, 0) is 32.0 Å². The van der Waals surface area contributed by atoms with Crippen molar-refractivity contribution in [2.45, 2.75) is 13.8 Å². The van der Waals surface area contributed by atoms with Crippen molar-refractivity contribution in [2.24, 2.45) is 0 Å². The number of nitrogens with zero attached hydrogens (tertiary/aromatic N) is 2. The SMILES string of the molecule is COc1ccc(-c2c(C)nn3c(C)coc23)c(Cl)c1. The molecule has 0 fully saturated rings. The molecule has 0 atom stereocenters. The Balaban J connectivity index is 2.26. The largest absolute Gasteiger partial charge is 0.497 e. The molecule has 0 radical (unpaired) electrons. The third-order valence-corrected chi connectivity index (χ3v) is 3.45. The zero-order valence-corrected chi connectivity index (χ0v) is 11.7. The van der Waals surface area contributed by atoms with Crippen molar-refractivity contribution in [1.29, 1.82) is 0 Å². The Morgan fingerprint density at radius 3 is 2.79 bits per heavy atom. The summed E-state index contributed by atoms with van der Waals surface area (Å²) in [4.78, 5) is 0. The summed E-state index contributed by atoms with van der Waals surface area (Å²) in [6, 6.07) is 5.58. The maximum Gasteiger partial charge on any atom is 0.229 e. The molecule has 19 heavy (non-hydrogen) atoms. The van der Waals surface area contributed by atoms with Crippen molar-refractivity contribution >= 4 is 17.3 Å². The van der Waals surface area contributed by atoms with Crippen LogP contribution < -0.4 is 4.74 Å². The van der Waals surface area contributed by atoms with Crippen LogP contribution >= 0.6 is 11.6 Å². The third-order valence-electron chi connectivity index (χ3n) is 3.14. The second kappa shape index (κ2) is 4.31. The normalized spacial score (nSPS) is 11.2. The van der Waals surface area contributed by atoms with E-state index in [9.17, 15) is 0 Å². The van der Waals surface area contributed by atoms with Crippen LogP contribution in [0.1, 0.15) is 11.4 Å². The Bertz CT molecular complexity index is 758. The third kappa shape index (κ3) is 1.79. The number of benzene rings is 1. The van der Waals surface area contributed by atoms with Gasteiger partial charge in [0.2, 0.25) is 5.71 Å². The Morgan fingerprint density at radius 2 is 2.11 bits per heavy atom. The van der Waals surface area contributed by atoms with Crippen molar-refractivity contribution in [3.63, 3.8) is 0 Å². The molecule has 3 aromatic rings. The summed E-state index contributed by atoms with van der Waals surface area (Å²) in [5.41, 5.74) is 4.36. The van der Waals surface area contributed by atoms with Crippen LogP contribution in [0.5, 0.6) is 5.75 Å². The Labute approximate surface area is 115 Å². The first kappa shape index (κ1) is 12.1. The molecular formula is C14H13ClN2O2. The van der Waals surface area contributed by atoms with E-state index in [2.05, 4.69) is 5.10 Å². The first-order valence-corrected chi connectivity index (χ1v) is 6.27. The van der Waals surface area contributed by atoms with Gasteiger partial charge in [-0.3, -0.25) is 0 Å². The first-order chi connectivity index (χ1) is 9.11. The van der Waals surface area contributed by atoms with Crippen molar-refractivity contribution in [1.82, 2.24) is 9.61 Å². The minimum atomic E-state index is 0.617. The maximum absolute atomic E-state index is 6.32. The van der Waals surface area contributed by atoms with Gasteiger partial charge in [-0.15, -0.1) is 0 Å². The molecule has 2 aromatic heterocycles. The predicted molar refractivity (Wildman–Crippen MR) is 73.9 cm³/mol. The second-order valence-electron chi connectivity index (χ2n) is 4.40. The number of methoxy groups -OCH3 is 1. The van der Waals surface area contributed by atoms with E-state index >= 15 is 0 Å². The molecule has 0 unspecified atom stereocenters. The van der Waals surface area contributed by atoms with Crippen LogP contribution in [0, 0.1) is 13.8 Å². The summed E-state index contributed by atoms with van der Waals surface area (Å²) >= 11 is 6.32. The number of hydrogen-bond donors (Lipinski definition) is 0. The fourth-order valence-electron chi connectivity index (χ4n) is 2.18. The minimum absolute atomic E-state index is 0.617. The van der Waals surface area contributed by atoms with Gasteiger partial charge in [-0.1, -0.05) is 11.6 Å². The van der Waals surface area contributed by atoms with E-state index < -0.39 is 0 Å². The van der Waals surface area contributed by atoms with Gasteiger partial charge in [0.05, 0.1) is 29.1 Å². The molecule has 0 aliphatic rings. The van der Waals surface area contributed by atoms with Gasteiger partial charge >= 0.3 is 0 Å². The fraction of sp³-hybridized carbons (Fsp3) is 0.214. The Morgan fingerprint density at radius 1 is 1.32 bits per heavy atom. The molecule has 0 saturated carbocycles. The molecule has 0 saturated heterocycles. The van der Waals surface area contributed by atoms with Gasteiger partial charge in [0.1, 0.15) is 12.0 Å². The molecule has 0 bridgehead atoms. The van der Waals surface area contributed by atoms with Crippen LogP contribution in [0.3, 0.4) is 0 Å². The Hall–Kier alpha value is -1.94. The van der Waals surface area contributed by atoms with Crippen LogP contribution in [0.4, 0.5) is 0 Å². The van der Waals surface area contributed by atoms with Crippen LogP contribution in [-0.2, 0) is 0 Å². The van der Waals surface area contributed by atoms with Gasteiger partial charge in [-0.25, -0.2) is 4.52 Å². The summed E-state index contributed by atoms with van der Waals surface area (Å²) in [6.45, 7) is 3.89. The highest BCUT2D eigenvalue weighted by Crippen LogP contribution is 2.36. The van der Waals surface area contributed by atoms with E-state index in [4.69, 9.17) is 20.8 Å². The predicted octanol–water partition coefficient (Wildman–Crippen LogP) is 3.87. The maximum atomic E-state index is 6.32. The minimum Gasteiger partial charge on any atom is -0.497 e. The summed E-state index contributed by atoms with van der Waals surface area (Å²) in [5, 5.41) is 5.08. The summed E-state index contributed by atoms with van der Waals surface area (Å²) < 4.78 is 12.5. The van der Waals surface area contributed by atoms with E-state index in [1.807, 2.05) is 26.0 Å². The molecule has 0 spiro atoms. The molecule has 0 N–H and O–H groups in total. The average molecular weight is 277 g/mol. The number of oxazole rings is 1.